The minimum Gasteiger partial charge on any atom is -0.338 e. The summed E-state index contributed by atoms with van der Waals surface area (Å²) in [7, 11) is 0. The Bertz CT molecular complexity index is 708. The molecule has 0 fully saturated rings. The molecule has 1 N–H and O–H groups in total. The molecule has 2 nitrogen and oxygen atoms in total. The predicted molar refractivity (Wildman–Crippen MR) is 71.0 cm³/mol. The van der Waals surface area contributed by atoms with Crippen molar-refractivity contribution in [3.05, 3.63) is 53.3 Å². The Morgan fingerprint density at radius 1 is 1.00 bits per heavy atom. The molecule has 1 aromatic heterocycles. The number of nitrogens with zero attached hydrogens (tertiary/aromatic N) is 1. The molecule has 1 heterocycles. The summed E-state index contributed by atoms with van der Waals surface area (Å²) in [5.41, 5.74) is 4.72. The lowest BCUT2D eigenvalue weighted by Gasteiger charge is -1.99. The van der Waals surface area contributed by atoms with E-state index in [1.54, 1.807) is 0 Å². The molecule has 0 aliphatic carbocycles. The molecule has 0 saturated heterocycles. The highest BCUT2D eigenvalue weighted by Crippen LogP contribution is 2.22. The highest BCUT2D eigenvalue weighted by Gasteiger charge is 2.07. The molecule has 0 spiro atoms. The summed E-state index contributed by atoms with van der Waals surface area (Å²) < 4.78 is 13.4. The van der Waals surface area contributed by atoms with E-state index in [0.717, 1.165) is 22.2 Å². The largest absolute Gasteiger partial charge is 0.338 e. The maximum absolute atomic E-state index is 13.4. The summed E-state index contributed by atoms with van der Waals surface area (Å²) in [6, 6.07) is 11.0. The van der Waals surface area contributed by atoms with Gasteiger partial charge in [-0.15, -0.1) is 0 Å². The molecule has 2 aromatic carbocycles. The van der Waals surface area contributed by atoms with Gasteiger partial charge in [0.2, 0.25) is 0 Å². The lowest BCUT2D eigenvalue weighted by atomic mass is 10.1. The summed E-state index contributed by atoms with van der Waals surface area (Å²) in [6.07, 6.45) is 0. The minimum atomic E-state index is -0.235. The van der Waals surface area contributed by atoms with Crippen molar-refractivity contribution in [1.82, 2.24) is 9.97 Å². The summed E-state index contributed by atoms with van der Waals surface area (Å²) in [4.78, 5) is 7.71. The van der Waals surface area contributed by atoms with Gasteiger partial charge in [0.25, 0.3) is 0 Å². The van der Waals surface area contributed by atoms with Crippen LogP contribution in [-0.2, 0) is 0 Å². The summed E-state index contributed by atoms with van der Waals surface area (Å²) >= 11 is 0. The van der Waals surface area contributed by atoms with Crippen molar-refractivity contribution < 1.29 is 4.39 Å². The lowest BCUT2D eigenvalue weighted by molar-refractivity contribution is 0.627. The van der Waals surface area contributed by atoms with Gasteiger partial charge in [-0.3, -0.25) is 0 Å². The highest BCUT2D eigenvalue weighted by atomic mass is 19.1. The third-order valence-electron chi connectivity index (χ3n) is 2.95. The van der Waals surface area contributed by atoms with E-state index in [4.69, 9.17) is 0 Å². The summed E-state index contributed by atoms with van der Waals surface area (Å²) in [5, 5.41) is 0. The molecule has 3 aromatic rings. The van der Waals surface area contributed by atoms with E-state index in [0.29, 0.717) is 5.82 Å². The Kier molecular flexibility index (Phi) is 2.40. The van der Waals surface area contributed by atoms with E-state index in [9.17, 15) is 4.39 Å². The number of halogens is 1. The van der Waals surface area contributed by atoms with E-state index in [1.807, 2.05) is 38.1 Å². The second-order valence-corrected chi connectivity index (χ2v) is 4.62. The molecule has 0 saturated carbocycles. The molecular weight excluding hydrogens is 227 g/mol. The van der Waals surface area contributed by atoms with Crippen LogP contribution in [0.1, 0.15) is 11.1 Å². The zero-order chi connectivity index (χ0) is 12.7. The topological polar surface area (TPSA) is 28.7 Å². The van der Waals surface area contributed by atoms with Gasteiger partial charge in [-0.05, 0) is 55.3 Å². The van der Waals surface area contributed by atoms with Gasteiger partial charge in [0.1, 0.15) is 11.6 Å². The van der Waals surface area contributed by atoms with Gasteiger partial charge in [0.15, 0.2) is 0 Å². The van der Waals surface area contributed by atoms with Crippen molar-refractivity contribution in [2.45, 2.75) is 13.8 Å². The number of fused-ring (bicyclic) bond motifs is 1. The molecule has 0 atom stereocenters. The molecule has 0 bridgehead atoms. The number of nitrogens with one attached hydrogen (secondary N) is 1. The number of aromatic amines is 1. The van der Waals surface area contributed by atoms with Crippen LogP contribution >= 0.6 is 0 Å². The third kappa shape index (κ3) is 1.88. The lowest BCUT2D eigenvalue weighted by Crippen LogP contribution is -1.84. The van der Waals surface area contributed by atoms with Crippen molar-refractivity contribution in [2.75, 3.05) is 0 Å². The number of aromatic nitrogens is 2. The second kappa shape index (κ2) is 3.95. The first-order valence-corrected chi connectivity index (χ1v) is 5.86. The summed E-state index contributed by atoms with van der Waals surface area (Å²) in [6.45, 7) is 3.91. The normalized spacial score (nSPS) is 11.1. The van der Waals surface area contributed by atoms with Gasteiger partial charge in [-0.25, -0.2) is 9.37 Å². The van der Waals surface area contributed by atoms with Crippen LogP contribution in [0.15, 0.2) is 36.4 Å². The van der Waals surface area contributed by atoms with Gasteiger partial charge in [0.05, 0.1) is 11.0 Å². The average molecular weight is 240 g/mol. The number of aryl methyl sites for hydroxylation is 2. The number of rotatable bonds is 1. The van der Waals surface area contributed by atoms with Crippen molar-refractivity contribution in [1.29, 1.82) is 0 Å². The Balaban J connectivity index is 2.19. The average Bonchev–Trinajstić information content (AvgIpc) is 2.70. The smallest absolute Gasteiger partial charge is 0.138 e. The van der Waals surface area contributed by atoms with Crippen molar-refractivity contribution in [3.63, 3.8) is 0 Å². The van der Waals surface area contributed by atoms with Gasteiger partial charge in [-0.2, -0.15) is 0 Å². The number of hydrogen-bond donors (Lipinski definition) is 1. The molecule has 0 amide bonds. The van der Waals surface area contributed by atoms with Crippen LogP contribution in [0.25, 0.3) is 22.4 Å². The number of H-pyrrole nitrogens is 1. The number of hydrogen-bond acceptors (Lipinski definition) is 1. The molecule has 0 aliphatic heterocycles. The van der Waals surface area contributed by atoms with Crippen molar-refractivity contribution in [3.8, 4) is 11.4 Å². The molecular formula is C15H13FN2. The molecule has 0 radical (unpaired) electrons. The van der Waals surface area contributed by atoms with Crippen LogP contribution < -0.4 is 0 Å². The van der Waals surface area contributed by atoms with E-state index in [-0.39, 0.29) is 5.82 Å². The SMILES string of the molecule is Cc1cc(F)cc(-c2nc3ccc(C)cc3[nH]2)c1. The van der Waals surface area contributed by atoms with Crippen molar-refractivity contribution in [2.24, 2.45) is 0 Å². The number of imidazole rings is 1. The van der Waals surface area contributed by atoms with E-state index < -0.39 is 0 Å². The van der Waals surface area contributed by atoms with Gasteiger partial charge in [0, 0.05) is 5.56 Å². The third-order valence-corrected chi connectivity index (χ3v) is 2.95. The number of benzene rings is 2. The van der Waals surface area contributed by atoms with Crippen LogP contribution in [0.4, 0.5) is 4.39 Å². The summed E-state index contributed by atoms with van der Waals surface area (Å²) in [5.74, 6) is 0.472. The Morgan fingerprint density at radius 2 is 1.83 bits per heavy atom. The Labute approximate surface area is 104 Å². The minimum absolute atomic E-state index is 0.235. The quantitative estimate of drug-likeness (QED) is 0.684. The van der Waals surface area contributed by atoms with Crippen LogP contribution in [0.3, 0.4) is 0 Å². The first-order valence-electron chi connectivity index (χ1n) is 5.86. The van der Waals surface area contributed by atoms with Gasteiger partial charge in [-0.1, -0.05) is 6.07 Å². The van der Waals surface area contributed by atoms with Gasteiger partial charge < -0.3 is 4.98 Å². The molecule has 90 valence electrons. The van der Waals surface area contributed by atoms with E-state index in [2.05, 4.69) is 9.97 Å². The first kappa shape index (κ1) is 11.0. The fourth-order valence-electron chi connectivity index (χ4n) is 2.13. The standard InChI is InChI=1S/C15H13FN2/c1-9-3-4-13-14(7-9)18-15(17-13)11-5-10(2)6-12(16)8-11/h3-8H,1-2H3,(H,17,18). The maximum Gasteiger partial charge on any atom is 0.138 e. The first-order chi connectivity index (χ1) is 8.61. The van der Waals surface area contributed by atoms with E-state index >= 15 is 0 Å². The van der Waals surface area contributed by atoms with Crippen LogP contribution in [0.5, 0.6) is 0 Å². The molecule has 3 rings (SSSR count). The predicted octanol–water partition coefficient (Wildman–Crippen LogP) is 3.99. The fraction of sp³-hybridized carbons (Fsp3) is 0.133. The Morgan fingerprint density at radius 3 is 2.61 bits per heavy atom. The highest BCUT2D eigenvalue weighted by molar-refractivity contribution is 5.80. The van der Waals surface area contributed by atoms with Gasteiger partial charge >= 0.3 is 0 Å². The van der Waals surface area contributed by atoms with Crippen LogP contribution in [-0.4, -0.2) is 9.97 Å². The van der Waals surface area contributed by atoms with E-state index in [1.165, 1.54) is 17.7 Å². The monoisotopic (exact) mass is 240 g/mol. The zero-order valence-electron chi connectivity index (χ0n) is 10.3. The van der Waals surface area contributed by atoms with Crippen molar-refractivity contribution >= 4 is 11.0 Å². The molecule has 18 heavy (non-hydrogen) atoms. The maximum atomic E-state index is 13.4. The zero-order valence-corrected chi connectivity index (χ0v) is 10.3. The second-order valence-electron chi connectivity index (χ2n) is 4.62. The molecule has 0 unspecified atom stereocenters. The Hall–Kier alpha value is -2.16. The van der Waals surface area contributed by atoms with Crippen LogP contribution in [0, 0.1) is 19.7 Å². The molecule has 3 heteroatoms. The van der Waals surface area contributed by atoms with Crippen LogP contribution in [0.2, 0.25) is 0 Å². The fourth-order valence-corrected chi connectivity index (χ4v) is 2.13. The molecule has 0 aliphatic rings.